The van der Waals surface area contributed by atoms with Gasteiger partial charge in [0.15, 0.2) is 11.9 Å². The predicted octanol–water partition coefficient (Wildman–Crippen LogP) is 0.865. The Morgan fingerprint density at radius 2 is 2.29 bits per heavy atom. The molecule has 0 saturated heterocycles. The van der Waals surface area contributed by atoms with Crippen molar-refractivity contribution >= 4 is 5.97 Å². The summed E-state index contributed by atoms with van der Waals surface area (Å²) in [5, 5.41) is 8.84. The zero-order valence-corrected chi connectivity index (χ0v) is 9.21. The average molecular weight is 232 g/mol. The molecule has 0 aliphatic rings. The first-order valence-electron chi connectivity index (χ1n) is 5.05. The van der Waals surface area contributed by atoms with E-state index in [1.165, 1.54) is 0 Å². The van der Waals surface area contributed by atoms with Gasteiger partial charge in [-0.2, -0.15) is 0 Å². The zero-order chi connectivity index (χ0) is 12.4. The van der Waals surface area contributed by atoms with E-state index in [0.717, 1.165) is 5.56 Å². The van der Waals surface area contributed by atoms with Gasteiger partial charge in [-0.15, -0.1) is 0 Å². The molecule has 4 N–H and O–H groups in total. The number of carboxylic acids is 1. The number of aromatic amines is 1. The van der Waals surface area contributed by atoms with E-state index in [-0.39, 0.29) is 5.82 Å². The lowest BCUT2D eigenvalue weighted by Crippen LogP contribution is -2.23. The van der Waals surface area contributed by atoms with Gasteiger partial charge in [-0.05, 0) is 19.1 Å². The Labute approximate surface area is 97.5 Å². The monoisotopic (exact) mass is 232 g/mol. The van der Waals surface area contributed by atoms with Crippen LogP contribution in [0.2, 0.25) is 0 Å². The maximum atomic E-state index is 10.8. The number of rotatable bonds is 3. The number of nitrogens with two attached hydrogens (primary N) is 1. The van der Waals surface area contributed by atoms with E-state index >= 15 is 0 Å². The summed E-state index contributed by atoms with van der Waals surface area (Å²) in [7, 11) is 0. The molecule has 0 fully saturated rings. The maximum Gasteiger partial charge on any atom is 0.328 e. The van der Waals surface area contributed by atoms with Gasteiger partial charge in [0.1, 0.15) is 0 Å². The van der Waals surface area contributed by atoms with Crippen LogP contribution in [-0.2, 0) is 4.79 Å². The molecule has 0 radical (unpaired) electrons. The van der Waals surface area contributed by atoms with Crippen LogP contribution >= 0.6 is 0 Å². The second-order valence-corrected chi connectivity index (χ2v) is 3.67. The van der Waals surface area contributed by atoms with E-state index in [4.69, 9.17) is 10.8 Å². The molecule has 17 heavy (non-hydrogen) atoms. The number of aryl methyl sites for hydroxylation is 1. The van der Waals surface area contributed by atoms with E-state index in [2.05, 4.69) is 15.0 Å². The lowest BCUT2D eigenvalue weighted by Gasteiger charge is -2.07. The Kier molecular flexibility index (Phi) is 2.88. The first-order chi connectivity index (χ1) is 8.08. The van der Waals surface area contributed by atoms with E-state index in [1.54, 1.807) is 25.4 Å². The third kappa shape index (κ3) is 2.31. The molecule has 2 rings (SSSR count). The van der Waals surface area contributed by atoms with Crippen molar-refractivity contribution in [1.82, 2.24) is 15.0 Å². The zero-order valence-electron chi connectivity index (χ0n) is 9.21. The second-order valence-electron chi connectivity index (χ2n) is 3.67. The van der Waals surface area contributed by atoms with Crippen LogP contribution in [0.1, 0.15) is 17.6 Å². The lowest BCUT2D eigenvalue weighted by atomic mass is 10.2. The molecule has 6 heteroatoms. The normalized spacial score (nSPS) is 12.4. The number of hydrogen-bond acceptors (Lipinski definition) is 4. The number of carboxylic acid groups (broad SMARTS) is 1. The highest BCUT2D eigenvalue weighted by Gasteiger charge is 2.18. The minimum Gasteiger partial charge on any atom is -0.480 e. The standard InChI is InChI=1S/C11H12N4O2/c1-6-4-8(7-2-3-13-5-7)15-10(14-6)9(12)11(16)17/h2-5,9,13H,12H2,1H3,(H,16,17). The highest BCUT2D eigenvalue weighted by Crippen LogP contribution is 2.18. The molecule has 88 valence electrons. The van der Waals surface area contributed by atoms with Gasteiger partial charge in [0.25, 0.3) is 0 Å². The van der Waals surface area contributed by atoms with Crippen LogP contribution in [0.25, 0.3) is 11.3 Å². The van der Waals surface area contributed by atoms with Crippen LogP contribution in [0.15, 0.2) is 24.5 Å². The first-order valence-corrected chi connectivity index (χ1v) is 5.05. The summed E-state index contributed by atoms with van der Waals surface area (Å²) >= 11 is 0. The van der Waals surface area contributed by atoms with Crippen LogP contribution in [0.3, 0.4) is 0 Å². The van der Waals surface area contributed by atoms with E-state index in [0.29, 0.717) is 11.4 Å². The Bertz CT molecular complexity index is 536. The van der Waals surface area contributed by atoms with Gasteiger partial charge >= 0.3 is 5.97 Å². The van der Waals surface area contributed by atoms with Crippen molar-refractivity contribution in [1.29, 1.82) is 0 Å². The quantitative estimate of drug-likeness (QED) is 0.728. The average Bonchev–Trinajstić information content (AvgIpc) is 2.80. The van der Waals surface area contributed by atoms with Gasteiger partial charge < -0.3 is 15.8 Å². The molecule has 1 atom stereocenters. The molecular weight excluding hydrogens is 220 g/mol. The van der Waals surface area contributed by atoms with Gasteiger partial charge in [-0.25, -0.2) is 9.97 Å². The number of hydrogen-bond donors (Lipinski definition) is 3. The fraction of sp³-hybridized carbons (Fsp3) is 0.182. The van der Waals surface area contributed by atoms with Crippen molar-refractivity contribution in [3.8, 4) is 11.3 Å². The predicted molar refractivity (Wildman–Crippen MR) is 61.1 cm³/mol. The third-order valence-corrected chi connectivity index (χ3v) is 2.31. The molecule has 0 saturated carbocycles. The number of nitrogens with zero attached hydrogens (tertiary/aromatic N) is 2. The summed E-state index contributed by atoms with van der Waals surface area (Å²) in [6.07, 6.45) is 3.54. The Morgan fingerprint density at radius 1 is 1.53 bits per heavy atom. The molecule has 0 aliphatic heterocycles. The van der Waals surface area contributed by atoms with E-state index in [1.807, 2.05) is 6.07 Å². The molecule has 0 spiro atoms. The SMILES string of the molecule is Cc1cc(-c2cc[nH]c2)nc(C(N)C(=O)O)n1. The summed E-state index contributed by atoms with van der Waals surface area (Å²) in [4.78, 5) is 21.9. The van der Waals surface area contributed by atoms with E-state index < -0.39 is 12.0 Å². The summed E-state index contributed by atoms with van der Waals surface area (Å²) < 4.78 is 0. The number of aromatic nitrogens is 3. The molecule has 0 aliphatic carbocycles. The molecule has 0 aromatic carbocycles. The van der Waals surface area contributed by atoms with Gasteiger partial charge in [-0.1, -0.05) is 0 Å². The topological polar surface area (TPSA) is 105 Å². The van der Waals surface area contributed by atoms with Gasteiger partial charge in [0.05, 0.1) is 5.69 Å². The third-order valence-electron chi connectivity index (χ3n) is 2.31. The molecule has 1 unspecified atom stereocenters. The van der Waals surface area contributed by atoms with Gasteiger partial charge in [0, 0.05) is 23.7 Å². The van der Waals surface area contributed by atoms with Gasteiger partial charge in [-0.3, -0.25) is 4.79 Å². The Balaban J connectivity index is 2.46. The van der Waals surface area contributed by atoms with Crippen LogP contribution in [-0.4, -0.2) is 26.0 Å². The first kappa shape index (κ1) is 11.3. The summed E-state index contributed by atoms with van der Waals surface area (Å²) in [6, 6.07) is 2.42. The minimum atomic E-state index is -1.20. The number of aliphatic carboxylic acids is 1. The van der Waals surface area contributed by atoms with Crippen molar-refractivity contribution in [2.24, 2.45) is 5.73 Å². The fourth-order valence-electron chi connectivity index (χ4n) is 1.47. The molecule has 0 amide bonds. The molecule has 2 aromatic rings. The van der Waals surface area contributed by atoms with Crippen molar-refractivity contribution in [2.75, 3.05) is 0 Å². The Morgan fingerprint density at radius 3 is 2.88 bits per heavy atom. The van der Waals surface area contributed by atoms with E-state index in [9.17, 15) is 4.79 Å². The minimum absolute atomic E-state index is 0.119. The maximum absolute atomic E-state index is 10.8. The van der Waals surface area contributed by atoms with Crippen molar-refractivity contribution in [3.05, 3.63) is 36.0 Å². The molecule has 2 heterocycles. The summed E-state index contributed by atoms with van der Waals surface area (Å²) in [5.74, 6) is -1.02. The molecule has 2 aromatic heterocycles. The highest BCUT2D eigenvalue weighted by molar-refractivity contribution is 5.74. The van der Waals surface area contributed by atoms with Crippen molar-refractivity contribution in [2.45, 2.75) is 13.0 Å². The van der Waals surface area contributed by atoms with Crippen LogP contribution in [0, 0.1) is 6.92 Å². The van der Waals surface area contributed by atoms with Crippen LogP contribution in [0.5, 0.6) is 0 Å². The van der Waals surface area contributed by atoms with Gasteiger partial charge in [0.2, 0.25) is 0 Å². The number of H-pyrrole nitrogens is 1. The molecular formula is C11H12N4O2. The largest absolute Gasteiger partial charge is 0.480 e. The van der Waals surface area contributed by atoms with Crippen molar-refractivity contribution < 1.29 is 9.90 Å². The lowest BCUT2D eigenvalue weighted by molar-refractivity contribution is -0.138. The van der Waals surface area contributed by atoms with Crippen molar-refractivity contribution in [3.63, 3.8) is 0 Å². The number of nitrogens with one attached hydrogen (secondary N) is 1. The number of carbonyl (C=O) groups is 1. The highest BCUT2D eigenvalue weighted by atomic mass is 16.4. The van der Waals surface area contributed by atoms with Crippen LogP contribution in [0.4, 0.5) is 0 Å². The smallest absolute Gasteiger partial charge is 0.328 e. The molecule has 6 nitrogen and oxygen atoms in total. The van der Waals surface area contributed by atoms with Crippen LogP contribution < -0.4 is 5.73 Å². The Hall–Kier alpha value is -2.21. The fourth-order valence-corrected chi connectivity index (χ4v) is 1.47. The molecule has 0 bridgehead atoms. The second kappa shape index (κ2) is 4.34. The summed E-state index contributed by atoms with van der Waals surface area (Å²) in [5.41, 5.74) is 7.71. The summed E-state index contributed by atoms with van der Waals surface area (Å²) in [6.45, 7) is 1.77.